The van der Waals surface area contributed by atoms with Crippen LogP contribution >= 0.6 is 0 Å². The number of pyridine rings is 1. The molecular weight excluding hydrogens is 248 g/mol. The SMILES string of the molecule is CCNC(c1cncc(C)c1)C1CCS(=O)(=O)C1. The summed E-state index contributed by atoms with van der Waals surface area (Å²) in [6.45, 7) is 4.87. The Labute approximate surface area is 109 Å². The fraction of sp³-hybridized carbons (Fsp3) is 0.615. The zero-order valence-electron chi connectivity index (χ0n) is 10.9. The lowest BCUT2D eigenvalue weighted by atomic mass is 9.93. The Morgan fingerprint density at radius 1 is 1.50 bits per heavy atom. The van der Waals surface area contributed by atoms with Crippen LogP contribution in [-0.2, 0) is 9.84 Å². The molecule has 2 atom stereocenters. The Hall–Kier alpha value is -0.940. The van der Waals surface area contributed by atoms with Gasteiger partial charge in [-0.05, 0) is 36.9 Å². The van der Waals surface area contributed by atoms with Crippen LogP contribution in [-0.4, -0.2) is 31.5 Å². The van der Waals surface area contributed by atoms with Crippen LogP contribution in [0.5, 0.6) is 0 Å². The molecule has 1 aromatic rings. The number of sulfone groups is 1. The van der Waals surface area contributed by atoms with Crippen molar-refractivity contribution in [1.82, 2.24) is 10.3 Å². The predicted octanol–water partition coefficient (Wildman–Crippen LogP) is 1.48. The van der Waals surface area contributed by atoms with Gasteiger partial charge < -0.3 is 5.32 Å². The Balaban J connectivity index is 2.24. The number of hydrogen-bond donors (Lipinski definition) is 1. The van der Waals surface area contributed by atoms with Crippen molar-refractivity contribution in [3.8, 4) is 0 Å². The van der Waals surface area contributed by atoms with Gasteiger partial charge in [0.2, 0.25) is 0 Å². The van der Waals surface area contributed by atoms with E-state index in [1.807, 2.05) is 26.2 Å². The van der Waals surface area contributed by atoms with Gasteiger partial charge in [0.1, 0.15) is 0 Å². The van der Waals surface area contributed by atoms with Gasteiger partial charge in [-0.3, -0.25) is 4.98 Å². The Bertz CT molecular complexity index is 513. The molecular formula is C13H20N2O2S. The molecule has 1 saturated heterocycles. The van der Waals surface area contributed by atoms with Crippen molar-refractivity contribution in [1.29, 1.82) is 0 Å². The molecule has 5 heteroatoms. The van der Waals surface area contributed by atoms with Gasteiger partial charge in [-0.1, -0.05) is 13.0 Å². The van der Waals surface area contributed by atoms with Crippen molar-refractivity contribution >= 4 is 9.84 Å². The second kappa shape index (κ2) is 5.36. The van der Waals surface area contributed by atoms with Crippen molar-refractivity contribution in [3.05, 3.63) is 29.6 Å². The van der Waals surface area contributed by atoms with Crippen LogP contribution in [0.2, 0.25) is 0 Å². The van der Waals surface area contributed by atoms with Crippen LogP contribution in [0.1, 0.15) is 30.5 Å². The molecule has 4 nitrogen and oxygen atoms in total. The van der Waals surface area contributed by atoms with Gasteiger partial charge in [0, 0.05) is 18.4 Å². The molecule has 0 aliphatic carbocycles. The van der Waals surface area contributed by atoms with E-state index in [2.05, 4.69) is 16.4 Å². The van der Waals surface area contributed by atoms with Gasteiger partial charge in [-0.25, -0.2) is 8.42 Å². The second-order valence-corrected chi connectivity index (χ2v) is 7.22. The first-order chi connectivity index (χ1) is 8.52. The van der Waals surface area contributed by atoms with Crippen molar-refractivity contribution in [2.45, 2.75) is 26.3 Å². The normalized spacial score (nSPS) is 24.0. The monoisotopic (exact) mass is 268 g/mol. The maximum Gasteiger partial charge on any atom is 0.150 e. The van der Waals surface area contributed by atoms with E-state index in [1.54, 1.807) is 0 Å². The molecule has 2 rings (SSSR count). The molecule has 0 radical (unpaired) electrons. The maximum absolute atomic E-state index is 11.6. The summed E-state index contributed by atoms with van der Waals surface area (Å²) >= 11 is 0. The van der Waals surface area contributed by atoms with Crippen molar-refractivity contribution in [2.75, 3.05) is 18.1 Å². The lowest BCUT2D eigenvalue weighted by molar-refractivity contribution is 0.399. The fourth-order valence-electron chi connectivity index (χ4n) is 2.61. The Morgan fingerprint density at radius 3 is 2.83 bits per heavy atom. The largest absolute Gasteiger partial charge is 0.310 e. The van der Waals surface area contributed by atoms with Crippen LogP contribution in [0.25, 0.3) is 0 Å². The summed E-state index contributed by atoms with van der Waals surface area (Å²) in [6, 6.07) is 2.19. The van der Waals surface area contributed by atoms with Crippen LogP contribution < -0.4 is 5.32 Å². The summed E-state index contributed by atoms with van der Waals surface area (Å²) in [5, 5.41) is 3.40. The van der Waals surface area contributed by atoms with Gasteiger partial charge in [-0.15, -0.1) is 0 Å². The summed E-state index contributed by atoms with van der Waals surface area (Å²) in [4.78, 5) is 4.21. The van der Waals surface area contributed by atoms with Crippen LogP contribution in [0.3, 0.4) is 0 Å². The summed E-state index contributed by atoms with van der Waals surface area (Å²) in [5.41, 5.74) is 2.20. The fourth-order valence-corrected chi connectivity index (χ4v) is 4.45. The molecule has 0 spiro atoms. The molecule has 1 N–H and O–H groups in total. The lowest BCUT2D eigenvalue weighted by Crippen LogP contribution is -2.29. The summed E-state index contributed by atoms with van der Waals surface area (Å²) in [5.74, 6) is 0.774. The highest BCUT2D eigenvalue weighted by Crippen LogP contribution is 2.31. The highest BCUT2D eigenvalue weighted by molar-refractivity contribution is 7.91. The van der Waals surface area contributed by atoms with Crippen molar-refractivity contribution < 1.29 is 8.42 Å². The van der Waals surface area contributed by atoms with Gasteiger partial charge in [0.15, 0.2) is 9.84 Å². The van der Waals surface area contributed by atoms with Crippen LogP contribution in [0.15, 0.2) is 18.5 Å². The van der Waals surface area contributed by atoms with E-state index in [1.165, 1.54) is 0 Å². The third-order valence-corrected chi connectivity index (χ3v) is 5.21. The third-order valence-electron chi connectivity index (χ3n) is 3.42. The summed E-state index contributed by atoms with van der Waals surface area (Å²) < 4.78 is 23.2. The Morgan fingerprint density at radius 2 is 2.28 bits per heavy atom. The first-order valence-electron chi connectivity index (χ1n) is 6.37. The number of aryl methyl sites for hydroxylation is 1. The van der Waals surface area contributed by atoms with Crippen molar-refractivity contribution in [3.63, 3.8) is 0 Å². The summed E-state index contributed by atoms with van der Waals surface area (Å²) in [7, 11) is -2.84. The van der Waals surface area contributed by atoms with Crippen molar-refractivity contribution in [2.24, 2.45) is 5.92 Å². The molecule has 0 aromatic carbocycles. The van der Waals surface area contributed by atoms with E-state index in [9.17, 15) is 8.42 Å². The predicted molar refractivity (Wildman–Crippen MR) is 72.2 cm³/mol. The second-order valence-electron chi connectivity index (χ2n) is 4.99. The number of hydrogen-bond acceptors (Lipinski definition) is 4. The molecule has 1 aliphatic rings. The van der Waals surface area contributed by atoms with E-state index in [-0.39, 0.29) is 12.0 Å². The van der Waals surface area contributed by atoms with Gasteiger partial charge in [0.05, 0.1) is 11.5 Å². The maximum atomic E-state index is 11.6. The minimum Gasteiger partial charge on any atom is -0.310 e. The van der Waals surface area contributed by atoms with Gasteiger partial charge in [0.25, 0.3) is 0 Å². The average molecular weight is 268 g/mol. The van der Waals surface area contributed by atoms with E-state index >= 15 is 0 Å². The van der Waals surface area contributed by atoms with E-state index in [0.717, 1.165) is 24.1 Å². The standard InChI is InChI=1S/C13H20N2O2S/c1-3-15-13(11-4-5-18(16,17)9-11)12-6-10(2)7-14-8-12/h6-8,11,13,15H,3-5,9H2,1-2H3. The molecule has 2 heterocycles. The molecule has 1 fully saturated rings. The average Bonchev–Trinajstić information content (AvgIpc) is 2.66. The summed E-state index contributed by atoms with van der Waals surface area (Å²) in [6.07, 6.45) is 4.40. The molecule has 1 aliphatic heterocycles. The molecule has 18 heavy (non-hydrogen) atoms. The first kappa shape index (κ1) is 13.5. The minimum absolute atomic E-state index is 0.0969. The molecule has 0 amide bonds. The number of nitrogens with one attached hydrogen (secondary N) is 1. The van der Waals surface area contributed by atoms with Crippen LogP contribution in [0, 0.1) is 12.8 Å². The first-order valence-corrected chi connectivity index (χ1v) is 8.19. The van der Waals surface area contributed by atoms with Gasteiger partial charge in [-0.2, -0.15) is 0 Å². The highest BCUT2D eigenvalue weighted by atomic mass is 32.2. The quantitative estimate of drug-likeness (QED) is 0.898. The molecule has 0 bridgehead atoms. The van der Waals surface area contributed by atoms with E-state index in [0.29, 0.717) is 11.5 Å². The smallest absolute Gasteiger partial charge is 0.150 e. The number of rotatable bonds is 4. The highest BCUT2D eigenvalue weighted by Gasteiger charge is 2.34. The van der Waals surface area contributed by atoms with Gasteiger partial charge >= 0.3 is 0 Å². The number of nitrogens with zero attached hydrogens (tertiary/aromatic N) is 1. The molecule has 2 unspecified atom stereocenters. The Kier molecular flexibility index (Phi) is 4.02. The molecule has 0 saturated carbocycles. The third kappa shape index (κ3) is 3.09. The number of aromatic nitrogens is 1. The topological polar surface area (TPSA) is 59.1 Å². The molecule has 100 valence electrons. The van der Waals surface area contributed by atoms with E-state index in [4.69, 9.17) is 0 Å². The van der Waals surface area contributed by atoms with Crippen LogP contribution in [0.4, 0.5) is 0 Å². The molecule has 1 aromatic heterocycles. The zero-order chi connectivity index (χ0) is 13.2. The lowest BCUT2D eigenvalue weighted by Gasteiger charge is -2.23. The van der Waals surface area contributed by atoms with E-state index < -0.39 is 9.84 Å². The zero-order valence-corrected chi connectivity index (χ0v) is 11.7. The minimum atomic E-state index is -2.84.